The Hall–Kier alpha value is -0.120. The van der Waals surface area contributed by atoms with E-state index in [1.807, 2.05) is 0 Å². The van der Waals surface area contributed by atoms with Crippen molar-refractivity contribution < 1.29 is 5.11 Å². The summed E-state index contributed by atoms with van der Waals surface area (Å²) in [7, 11) is 0. The van der Waals surface area contributed by atoms with Crippen LogP contribution in [-0.4, -0.2) is 48.3 Å². The van der Waals surface area contributed by atoms with Crippen molar-refractivity contribution in [2.24, 2.45) is 5.41 Å². The van der Waals surface area contributed by atoms with Crippen LogP contribution in [0.4, 0.5) is 0 Å². The number of aliphatic hydroxyl groups excluding tert-OH is 1. The van der Waals surface area contributed by atoms with Gasteiger partial charge in [0.05, 0.1) is 6.61 Å². The molecule has 3 heteroatoms. The summed E-state index contributed by atoms with van der Waals surface area (Å²) in [6.07, 6.45) is 2.65. The summed E-state index contributed by atoms with van der Waals surface area (Å²) in [6.45, 7) is 8.02. The largest absolute Gasteiger partial charge is 0.395 e. The molecule has 1 saturated heterocycles. The summed E-state index contributed by atoms with van der Waals surface area (Å²) in [5.74, 6) is 0. The Morgan fingerprint density at radius 3 is 2.71 bits per heavy atom. The minimum absolute atomic E-state index is 0.291. The van der Waals surface area contributed by atoms with Crippen LogP contribution >= 0.6 is 0 Å². The highest BCUT2D eigenvalue weighted by Crippen LogP contribution is 2.32. The molecular formula is C11H22N2O. The maximum atomic E-state index is 9.35. The molecule has 1 aliphatic heterocycles. The van der Waals surface area contributed by atoms with Crippen LogP contribution in [-0.2, 0) is 0 Å². The summed E-state index contributed by atoms with van der Waals surface area (Å²) in [6, 6.07) is 1.09. The maximum Gasteiger partial charge on any atom is 0.0599 e. The zero-order valence-electron chi connectivity index (χ0n) is 9.29. The molecule has 2 fully saturated rings. The van der Waals surface area contributed by atoms with Gasteiger partial charge in [0, 0.05) is 31.7 Å². The lowest BCUT2D eigenvalue weighted by Crippen LogP contribution is -2.45. The molecule has 2 aliphatic rings. The maximum absolute atomic E-state index is 9.35. The quantitative estimate of drug-likeness (QED) is 0.676. The van der Waals surface area contributed by atoms with Crippen LogP contribution in [0.2, 0.25) is 0 Å². The smallest absolute Gasteiger partial charge is 0.0599 e. The second-order valence-corrected chi connectivity index (χ2v) is 5.54. The van der Waals surface area contributed by atoms with E-state index in [1.54, 1.807) is 0 Å². The molecule has 0 aromatic carbocycles. The van der Waals surface area contributed by atoms with Crippen LogP contribution in [0, 0.1) is 5.41 Å². The average Bonchev–Trinajstić information content (AvgIpc) is 2.90. The Morgan fingerprint density at radius 2 is 2.14 bits per heavy atom. The molecule has 1 unspecified atom stereocenters. The SMILES string of the molecule is CC1(C)CNCC(CO)N(C2CC2)C1. The highest BCUT2D eigenvalue weighted by Gasteiger charge is 2.38. The normalized spacial score (nSPS) is 34.1. The number of hydrogen-bond acceptors (Lipinski definition) is 3. The van der Waals surface area contributed by atoms with Crippen LogP contribution in [0.25, 0.3) is 0 Å². The first kappa shape index (κ1) is 10.4. The molecule has 2 rings (SSSR count). The highest BCUT2D eigenvalue weighted by atomic mass is 16.3. The standard InChI is InChI=1S/C11H22N2O/c1-11(2)7-12-5-10(6-14)13(8-11)9-3-4-9/h9-10,12,14H,3-8H2,1-2H3. The van der Waals surface area contributed by atoms with Crippen LogP contribution < -0.4 is 5.32 Å². The van der Waals surface area contributed by atoms with Crippen molar-refractivity contribution in [2.75, 3.05) is 26.2 Å². The van der Waals surface area contributed by atoms with Gasteiger partial charge in [-0.05, 0) is 18.3 Å². The van der Waals surface area contributed by atoms with Gasteiger partial charge in [-0.15, -0.1) is 0 Å². The predicted octanol–water partition coefficient (Wildman–Crippen LogP) is 0.441. The summed E-state index contributed by atoms with van der Waals surface area (Å²) in [5, 5.41) is 12.8. The van der Waals surface area contributed by atoms with Gasteiger partial charge >= 0.3 is 0 Å². The van der Waals surface area contributed by atoms with Crippen molar-refractivity contribution in [1.82, 2.24) is 10.2 Å². The van der Waals surface area contributed by atoms with Gasteiger partial charge in [0.2, 0.25) is 0 Å². The third-order valence-corrected chi connectivity index (χ3v) is 3.29. The van der Waals surface area contributed by atoms with Crippen molar-refractivity contribution in [3.8, 4) is 0 Å². The Labute approximate surface area is 86.5 Å². The van der Waals surface area contributed by atoms with Crippen molar-refractivity contribution in [3.05, 3.63) is 0 Å². The molecule has 0 bridgehead atoms. The van der Waals surface area contributed by atoms with E-state index in [2.05, 4.69) is 24.1 Å². The van der Waals surface area contributed by atoms with Gasteiger partial charge in [0.25, 0.3) is 0 Å². The van der Waals surface area contributed by atoms with E-state index >= 15 is 0 Å². The lowest BCUT2D eigenvalue weighted by molar-refractivity contribution is 0.100. The fraction of sp³-hybridized carbons (Fsp3) is 1.00. The molecule has 1 saturated carbocycles. The molecule has 0 spiro atoms. The van der Waals surface area contributed by atoms with Crippen molar-refractivity contribution in [3.63, 3.8) is 0 Å². The summed E-state index contributed by atoms with van der Waals surface area (Å²) >= 11 is 0. The topological polar surface area (TPSA) is 35.5 Å². The second-order valence-electron chi connectivity index (χ2n) is 5.54. The van der Waals surface area contributed by atoms with Crippen LogP contribution in [0.15, 0.2) is 0 Å². The molecule has 1 aliphatic carbocycles. The lowest BCUT2D eigenvalue weighted by Gasteiger charge is -2.33. The fourth-order valence-electron chi connectivity index (χ4n) is 2.38. The Kier molecular flexibility index (Phi) is 2.82. The van der Waals surface area contributed by atoms with E-state index in [9.17, 15) is 5.11 Å². The number of nitrogens with one attached hydrogen (secondary N) is 1. The molecule has 0 radical (unpaired) electrons. The Balaban J connectivity index is 2.05. The first-order chi connectivity index (χ1) is 6.62. The van der Waals surface area contributed by atoms with Gasteiger partial charge < -0.3 is 10.4 Å². The Bertz CT molecular complexity index is 201. The average molecular weight is 198 g/mol. The molecule has 1 heterocycles. The summed E-state index contributed by atoms with van der Waals surface area (Å²) in [5.41, 5.74) is 0.340. The predicted molar refractivity (Wildman–Crippen MR) is 57.3 cm³/mol. The molecule has 3 nitrogen and oxygen atoms in total. The third kappa shape index (κ3) is 2.27. The van der Waals surface area contributed by atoms with Gasteiger partial charge in [-0.25, -0.2) is 0 Å². The zero-order valence-corrected chi connectivity index (χ0v) is 9.29. The minimum atomic E-state index is 0.291. The number of rotatable bonds is 2. The van der Waals surface area contributed by atoms with E-state index in [0.717, 1.165) is 25.7 Å². The fourth-order valence-corrected chi connectivity index (χ4v) is 2.38. The van der Waals surface area contributed by atoms with Gasteiger partial charge in [-0.2, -0.15) is 0 Å². The summed E-state index contributed by atoms with van der Waals surface area (Å²) < 4.78 is 0. The monoisotopic (exact) mass is 198 g/mol. The number of nitrogens with zero attached hydrogens (tertiary/aromatic N) is 1. The van der Waals surface area contributed by atoms with Crippen LogP contribution in [0.3, 0.4) is 0 Å². The van der Waals surface area contributed by atoms with Gasteiger partial charge in [-0.3, -0.25) is 4.90 Å². The van der Waals surface area contributed by atoms with Gasteiger partial charge in [0.15, 0.2) is 0 Å². The van der Waals surface area contributed by atoms with Gasteiger partial charge in [-0.1, -0.05) is 13.8 Å². The molecular weight excluding hydrogens is 176 g/mol. The van der Waals surface area contributed by atoms with E-state index < -0.39 is 0 Å². The molecule has 0 aromatic rings. The molecule has 0 aromatic heterocycles. The van der Waals surface area contributed by atoms with Crippen LogP contribution in [0.1, 0.15) is 26.7 Å². The number of hydrogen-bond donors (Lipinski definition) is 2. The van der Waals surface area contributed by atoms with E-state index in [-0.39, 0.29) is 0 Å². The second kappa shape index (κ2) is 3.80. The van der Waals surface area contributed by atoms with E-state index in [4.69, 9.17) is 0 Å². The molecule has 82 valence electrons. The van der Waals surface area contributed by atoms with Crippen molar-refractivity contribution >= 4 is 0 Å². The van der Waals surface area contributed by atoms with E-state index in [0.29, 0.717) is 18.1 Å². The molecule has 14 heavy (non-hydrogen) atoms. The minimum Gasteiger partial charge on any atom is -0.395 e. The first-order valence-corrected chi connectivity index (χ1v) is 5.70. The molecule has 0 amide bonds. The number of aliphatic hydroxyl groups is 1. The summed E-state index contributed by atoms with van der Waals surface area (Å²) in [4.78, 5) is 2.51. The zero-order chi connectivity index (χ0) is 10.2. The van der Waals surface area contributed by atoms with Crippen molar-refractivity contribution in [2.45, 2.75) is 38.8 Å². The third-order valence-electron chi connectivity index (χ3n) is 3.29. The van der Waals surface area contributed by atoms with E-state index in [1.165, 1.54) is 12.8 Å². The van der Waals surface area contributed by atoms with Crippen molar-refractivity contribution in [1.29, 1.82) is 0 Å². The molecule has 2 N–H and O–H groups in total. The lowest BCUT2D eigenvalue weighted by atomic mass is 9.93. The Morgan fingerprint density at radius 1 is 1.43 bits per heavy atom. The van der Waals surface area contributed by atoms with Gasteiger partial charge in [0.1, 0.15) is 0 Å². The first-order valence-electron chi connectivity index (χ1n) is 5.70. The molecule has 1 atom stereocenters. The van der Waals surface area contributed by atoms with Crippen LogP contribution in [0.5, 0.6) is 0 Å². The highest BCUT2D eigenvalue weighted by molar-refractivity contribution is 4.94.